The average molecular weight is 466 g/mol. The first kappa shape index (κ1) is 24.5. The molecule has 1 heterocycles. The summed E-state index contributed by atoms with van der Waals surface area (Å²) in [5.74, 6) is 0.0258. The second-order valence-electron chi connectivity index (χ2n) is 9.15. The second kappa shape index (κ2) is 10.2. The van der Waals surface area contributed by atoms with Gasteiger partial charge in [-0.1, -0.05) is 44.2 Å². The summed E-state index contributed by atoms with van der Waals surface area (Å²) >= 11 is 0. The van der Waals surface area contributed by atoms with Crippen molar-refractivity contribution in [3.8, 4) is 5.75 Å². The molecule has 3 rings (SSSR count). The Balaban J connectivity index is 1.86. The molecule has 0 spiro atoms. The van der Waals surface area contributed by atoms with Crippen LogP contribution in [0.2, 0.25) is 0 Å². The summed E-state index contributed by atoms with van der Waals surface area (Å²) in [4.78, 5) is 28.2. The summed E-state index contributed by atoms with van der Waals surface area (Å²) < 4.78 is 30.8. The van der Waals surface area contributed by atoms with E-state index in [1.54, 1.807) is 26.2 Å². The first-order valence-corrected chi connectivity index (χ1v) is 13.2. The minimum absolute atomic E-state index is 0.0474. The Morgan fingerprint density at radius 2 is 1.72 bits per heavy atom. The minimum Gasteiger partial charge on any atom is -0.497 e. The standard InChI is InChI=1S/C23H35N3O5S/c1-23(22(28)24-19-9-7-5-4-6-8-10-19)17-25(32(3,29)30)16-21(27)26(23)15-18-11-13-20(31-2)14-12-18/h11-14,19H,4-10,15-17H2,1-3H3,(H,24,28)/t23-/m1/s1. The minimum atomic E-state index is -3.62. The number of nitrogens with zero attached hydrogens (tertiary/aromatic N) is 2. The largest absolute Gasteiger partial charge is 0.497 e. The Labute approximate surface area is 191 Å². The fraction of sp³-hybridized carbons (Fsp3) is 0.652. The van der Waals surface area contributed by atoms with Gasteiger partial charge in [-0.3, -0.25) is 9.59 Å². The molecule has 0 radical (unpaired) electrons. The average Bonchev–Trinajstić information content (AvgIpc) is 2.72. The lowest BCUT2D eigenvalue weighted by atomic mass is 9.92. The molecule has 0 bridgehead atoms. The van der Waals surface area contributed by atoms with Gasteiger partial charge in [0.25, 0.3) is 0 Å². The molecule has 1 N–H and O–H groups in total. The first-order valence-electron chi connectivity index (χ1n) is 11.3. The number of ether oxygens (including phenoxy) is 1. The zero-order valence-corrected chi connectivity index (χ0v) is 20.1. The smallest absolute Gasteiger partial charge is 0.247 e. The SMILES string of the molecule is COc1ccc(CN2C(=O)CN(S(C)(=O)=O)C[C@]2(C)C(=O)NC2CCCCCCC2)cc1. The normalized spacial score (nSPS) is 24.0. The number of carbonyl (C=O) groups is 2. The molecule has 2 fully saturated rings. The molecule has 2 aliphatic rings. The molecule has 1 saturated heterocycles. The number of carbonyl (C=O) groups excluding carboxylic acids is 2. The lowest BCUT2D eigenvalue weighted by Crippen LogP contribution is -2.69. The highest BCUT2D eigenvalue weighted by molar-refractivity contribution is 7.88. The summed E-state index contributed by atoms with van der Waals surface area (Å²) in [6.45, 7) is 1.56. The highest BCUT2D eigenvalue weighted by Crippen LogP contribution is 2.28. The number of rotatable bonds is 6. The van der Waals surface area contributed by atoms with E-state index in [4.69, 9.17) is 4.74 Å². The number of hydrogen-bond donors (Lipinski definition) is 1. The van der Waals surface area contributed by atoms with Crippen molar-refractivity contribution < 1.29 is 22.7 Å². The third-order valence-corrected chi connectivity index (χ3v) is 7.79. The van der Waals surface area contributed by atoms with E-state index in [-0.39, 0.29) is 37.5 Å². The Bertz CT molecular complexity index is 910. The topological polar surface area (TPSA) is 96.0 Å². The second-order valence-corrected chi connectivity index (χ2v) is 11.1. The van der Waals surface area contributed by atoms with E-state index in [9.17, 15) is 18.0 Å². The van der Waals surface area contributed by atoms with Gasteiger partial charge in [0, 0.05) is 19.1 Å². The van der Waals surface area contributed by atoms with Crippen molar-refractivity contribution in [3.63, 3.8) is 0 Å². The maximum absolute atomic E-state index is 13.6. The highest BCUT2D eigenvalue weighted by atomic mass is 32.2. The van der Waals surface area contributed by atoms with Crippen molar-refractivity contribution in [2.75, 3.05) is 26.5 Å². The van der Waals surface area contributed by atoms with Crippen LogP contribution in [-0.4, -0.2) is 67.5 Å². The molecule has 0 aromatic heterocycles. The fourth-order valence-corrected chi connectivity index (χ4v) is 5.37. The molecular formula is C23H35N3O5S. The third-order valence-electron chi connectivity index (χ3n) is 6.59. The van der Waals surface area contributed by atoms with Crippen molar-refractivity contribution in [1.82, 2.24) is 14.5 Å². The van der Waals surface area contributed by atoms with Crippen molar-refractivity contribution in [3.05, 3.63) is 29.8 Å². The van der Waals surface area contributed by atoms with Gasteiger partial charge in [0.05, 0.1) is 19.9 Å². The molecule has 178 valence electrons. The van der Waals surface area contributed by atoms with Gasteiger partial charge in [-0.2, -0.15) is 4.31 Å². The molecule has 9 heteroatoms. The van der Waals surface area contributed by atoms with Crippen LogP contribution < -0.4 is 10.1 Å². The van der Waals surface area contributed by atoms with Crippen molar-refractivity contribution in [2.24, 2.45) is 0 Å². The molecule has 0 unspecified atom stereocenters. The van der Waals surface area contributed by atoms with Crippen LogP contribution in [0.25, 0.3) is 0 Å². The van der Waals surface area contributed by atoms with E-state index in [0.29, 0.717) is 5.75 Å². The summed E-state index contributed by atoms with van der Waals surface area (Å²) in [5.41, 5.74) is -0.460. The number of sulfonamides is 1. The van der Waals surface area contributed by atoms with Crippen LogP contribution in [0.5, 0.6) is 5.75 Å². The highest BCUT2D eigenvalue weighted by Gasteiger charge is 2.49. The molecule has 2 amide bonds. The predicted molar refractivity (Wildman–Crippen MR) is 123 cm³/mol. The van der Waals surface area contributed by atoms with Crippen LogP contribution in [-0.2, 0) is 26.2 Å². The van der Waals surface area contributed by atoms with Gasteiger partial charge < -0.3 is 15.0 Å². The summed E-state index contributed by atoms with van der Waals surface area (Å²) in [7, 11) is -2.04. The zero-order valence-electron chi connectivity index (χ0n) is 19.3. The number of hydrogen-bond acceptors (Lipinski definition) is 5. The number of methoxy groups -OCH3 is 1. The van der Waals surface area contributed by atoms with Gasteiger partial charge in [-0.15, -0.1) is 0 Å². The molecule has 1 atom stereocenters. The predicted octanol–water partition coefficient (Wildman–Crippen LogP) is 2.29. The summed E-state index contributed by atoms with van der Waals surface area (Å²) in [6, 6.07) is 7.35. The van der Waals surface area contributed by atoms with Crippen LogP contribution in [0.15, 0.2) is 24.3 Å². The molecule has 8 nitrogen and oxygen atoms in total. The summed E-state index contributed by atoms with van der Waals surface area (Å²) in [6.07, 6.45) is 8.56. The Hall–Kier alpha value is -2.13. The molecule has 1 aromatic rings. The van der Waals surface area contributed by atoms with Crippen molar-refractivity contribution >= 4 is 21.8 Å². The van der Waals surface area contributed by atoms with E-state index in [0.717, 1.165) is 54.6 Å². The molecule has 1 aliphatic heterocycles. The first-order chi connectivity index (χ1) is 15.1. The maximum Gasteiger partial charge on any atom is 0.247 e. The van der Waals surface area contributed by atoms with Crippen LogP contribution in [0.4, 0.5) is 0 Å². The zero-order chi connectivity index (χ0) is 23.4. The van der Waals surface area contributed by atoms with E-state index in [2.05, 4.69) is 5.32 Å². The van der Waals surface area contributed by atoms with Gasteiger partial charge in [-0.25, -0.2) is 8.42 Å². The van der Waals surface area contributed by atoms with Gasteiger partial charge in [-0.05, 0) is 37.5 Å². The Morgan fingerprint density at radius 1 is 1.12 bits per heavy atom. The quantitative estimate of drug-likeness (QED) is 0.695. The van der Waals surface area contributed by atoms with Gasteiger partial charge >= 0.3 is 0 Å². The number of amides is 2. The van der Waals surface area contributed by atoms with Crippen molar-refractivity contribution in [1.29, 1.82) is 0 Å². The maximum atomic E-state index is 13.6. The van der Waals surface area contributed by atoms with E-state index >= 15 is 0 Å². The molecule has 1 aliphatic carbocycles. The number of piperazine rings is 1. The van der Waals surface area contributed by atoms with Crippen LogP contribution in [0.3, 0.4) is 0 Å². The molecule has 1 saturated carbocycles. The van der Waals surface area contributed by atoms with Crippen molar-refractivity contribution in [2.45, 2.75) is 70.0 Å². The van der Waals surface area contributed by atoms with Crippen LogP contribution >= 0.6 is 0 Å². The van der Waals surface area contributed by atoms with Crippen LogP contribution in [0, 0.1) is 0 Å². The summed E-state index contributed by atoms with van der Waals surface area (Å²) in [5, 5.41) is 3.15. The lowest BCUT2D eigenvalue weighted by Gasteiger charge is -2.47. The Morgan fingerprint density at radius 3 is 2.28 bits per heavy atom. The van der Waals surface area contributed by atoms with E-state index in [1.807, 2.05) is 12.1 Å². The fourth-order valence-electron chi connectivity index (χ4n) is 4.54. The van der Waals surface area contributed by atoms with E-state index < -0.39 is 15.6 Å². The molecular weight excluding hydrogens is 430 g/mol. The van der Waals surface area contributed by atoms with Gasteiger partial charge in [0.2, 0.25) is 21.8 Å². The van der Waals surface area contributed by atoms with E-state index in [1.165, 1.54) is 11.3 Å². The van der Waals surface area contributed by atoms with Gasteiger partial charge in [0.15, 0.2) is 0 Å². The number of nitrogens with one attached hydrogen (secondary N) is 1. The van der Waals surface area contributed by atoms with Gasteiger partial charge in [0.1, 0.15) is 11.3 Å². The monoisotopic (exact) mass is 465 g/mol. The lowest BCUT2D eigenvalue weighted by molar-refractivity contribution is -0.154. The van der Waals surface area contributed by atoms with Crippen LogP contribution in [0.1, 0.15) is 57.4 Å². The molecule has 32 heavy (non-hydrogen) atoms. The molecule has 1 aromatic carbocycles. The Kier molecular flexibility index (Phi) is 7.82. The number of benzene rings is 1. The third kappa shape index (κ3) is 5.81.